The molecule has 0 fully saturated rings. The number of amidine groups is 1. The van der Waals surface area contributed by atoms with Gasteiger partial charge in [-0.15, -0.1) is 0 Å². The van der Waals surface area contributed by atoms with Crippen LogP contribution in [0.3, 0.4) is 0 Å². The number of halogens is 1. The minimum atomic E-state index is -0.154. The summed E-state index contributed by atoms with van der Waals surface area (Å²) in [5, 5.41) is 3.46. The molecule has 0 aromatic heterocycles. The van der Waals surface area contributed by atoms with Gasteiger partial charge in [0.1, 0.15) is 11.7 Å². The maximum absolute atomic E-state index is 13.4. The number of hydrogen-bond donors (Lipinski definition) is 1. The zero-order valence-corrected chi connectivity index (χ0v) is 16.6. The van der Waals surface area contributed by atoms with Crippen molar-refractivity contribution in [2.45, 2.75) is 18.8 Å². The number of nitrogens with one attached hydrogen (secondary N) is 1. The number of aliphatic imine (C=N–C) groups is 1. The monoisotopic (exact) mass is 394 g/mol. The summed E-state index contributed by atoms with van der Waals surface area (Å²) in [6, 6.07) is 16.9. The maximum atomic E-state index is 13.4. The van der Waals surface area contributed by atoms with E-state index >= 15 is 0 Å². The van der Waals surface area contributed by atoms with E-state index in [-0.39, 0.29) is 17.7 Å². The normalized spacial score (nSPS) is 22.4. The highest BCUT2D eigenvalue weighted by atomic mass is 19.1. The first-order valence-corrected chi connectivity index (χ1v) is 10.4. The van der Waals surface area contributed by atoms with Crippen LogP contribution in [0.15, 0.2) is 102 Å². The molecule has 2 aliphatic heterocycles. The van der Waals surface area contributed by atoms with Crippen LogP contribution in [0, 0.1) is 5.92 Å². The summed E-state index contributed by atoms with van der Waals surface area (Å²) in [4.78, 5) is 4.66. The zero-order valence-electron chi connectivity index (χ0n) is 16.6. The number of nitrogens with zero attached hydrogens (tertiary/aromatic N) is 1. The lowest BCUT2D eigenvalue weighted by Gasteiger charge is -2.17. The average molecular weight is 394 g/mol. The van der Waals surface area contributed by atoms with Crippen molar-refractivity contribution in [3.8, 4) is 0 Å². The van der Waals surface area contributed by atoms with Gasteiger partial charge in [0.05, 0.1) is 0 Å². The molecular formula is C27H23FN2. The SMILES string of the molecule is FC1=CC(/C=C/C2=CN=C3Nc4ccc(/C=C/c5ccccc5)cc4C3C2)CC=C1. The lowest BCUT2D eigenvalue weighted by Crippen LogP contribution is -2.15. The third-order valence-corrected chi connectivity index (χ3v) is 5.74. The van der Waals surface area contributed by atoms with Crippen molar-refractivity contribution < 1.29 is 4.39 Å². The lowest BCUT2D eigenvalue weighted by molar-refractivity contribution is 0.633. The molecule has 1 aliphatic carbocycles. The summed E-state index contributed by atoms with van der Waals surface area (Å²) in [6.45, 7) is 0. The van der Waals surface area contributed by atoms with E-state index in [1.807, 2.05) is 30.5 Å². The molecule has 2 aromatic rings. The van der Waals surface area contributed by atoms with E-state index in [0.29, 0.717) is 0 Å². The number of hydrogen-bond acceptors (Lipinski definition) is 2. The van der Waals surface area contributed by atoms with Gasteiger partial charge in [-0.2, -0.15) is 0 Å². The van der Waals surface area contributed by atoms with Crippen molar-refractivity contribution in [1.82, 2.24) is 0 Å². The Hall–Kier alpha value is -3.46. The Bertz CT molecular complexity index is 1130. The first-order chi connectivity index (χ1) is 14.7. The highest BCUT2D eigenvalue weighted by Gasteiger charge is 2.30. The Morgan fingerprint density at radius 1 is 1.00 bits per heavy atom. The van der Waals surface area contributed by atoms with Crippen molar-refractivity contribution in [2.75, 3.05) is 5.32 Å². The molecule has 0 amide bonds. The minimum Gasteiger partial charge on any atom is -0.343 e. The summed E-state index contributed by atoms with van der Waals surface area (Å²) < 4.78 is 13.4. The molecular weight excluding hydrogens is 371 g/mol. The largest absolute Gasteiger partial charge is 0.343 e. The molecule has 5 rings (SSSR count). The van der Waals surface area contributed by atoms with Crippen molar-refractivity contribution in [3.63, 3.8) is 0 Å². The second kappa shape index (κ2) is 8.11. The quantitative estimate of drug-likeness (QED) is 0.553. The van der Waals surface area contributed by atoms with Crippen LogP contribution < -0.4 is 5.32 Å². The molecule has 30 heavy (non-hydrogen) atoms. The number of benzene rings is 2. The van der Waals surface area contributed by atoms with Crippen molar-refractivity contribution in [3.05, 3.63) is 113 Å². The van der Waals surface area contributed by atoms with Crippen LogP contribution in [0.1, 0.15) is 35.4 Å². The molecule has 3 heteroatoms. The first kappa shape index (κ1) is 18.6. The molecule has 0 bridgehead atoms. The smallest absolute Gasteiger partial charge is 0.119 e. The third-order valence-electron chi connectivity index (χ3n) is 5.74. The van der Waals surface area contributed by atoms with Crippen LogP contribution in [0.25, 0.3) is 12.2 Å². The van der Waals surface area contributed by atoms with E-state index in [4.69, 9.17) is 0 Å². The summed E-state index contributed by atoms with van der Waals surface area (Å²) in [5.74, 6) is 1.22. The average Bonchev–Trinajstić information content (AvgIpc) is 3.14. The molecule has 1 N–H and O–H groups in total. The van der Waals surface area contributed by atoms with E-state index in [9.17, 15) is 4.39 Å². The number of allylic oxidation sites excluding steroid dienone is 7. The standard InChI is InChI=1S/C27H23FN2/c28-23-8-4-7-20(15-23)11-12-22-17-25-24-16-21(10-9-19-5-2-1-3-6-19)13-14-26(24)30-27(25)29-18-22/h1-6,8-16,18,20,25H,7,17H2,(H,29,30)/b10-9+,12-11+. The van der Waals surface area contributed by atoms with Gasteiger partial charge >= 0.3 is 0 Å². The van der Waals surface area contributed by atoms with Gasteiger partial charge in [-0.3, -0.25) is 0 Å². The Morgan fingerprint density at radius 3 is 2.73 bits per heavy atom. The molecule has 148 valence electrons. The predicted octanol–water partition coefficient (Wildman–Crippen LogP) is 7.04. The Balaban J connectivity index is 1.33. The van der Waals surface area contributed by atoms with Crippen LogP contribution in [0.2, 0.25) is 0 Å². The predicted molar refractivity (Wildman–Crippen MR) is 124 cm³/mol. The van der Waals surface area contributed by atoms with Gasteiger partial charge in [0, 0.05) is 23.7 Å². The van der Waals surface area contributed by atoms with Gasteiger partial charge in [-0.1, -0.05) is 66.8 Å². The maximum Gasteiger partial charge on any atom is 0.119 e. The summed E-state index contributed by atoms with van der Waals surface area (Å²) >= 11 is 0. The molecule has 2 atom stereocenters. The molecule has 2 heterocycles. The summed E-state index contributed by atoms with van der Waals surface area (Å²) in [6.07, 6.45) is 17.2. The third kappa shape index (κ3) is 3.97. The van der Waals surface area contributed by atoms with E-state index in [1.54, 1.807) is 6.08 Å². The summed E-state index contributed by atoms with van der Waals surface area (Å²) in [5.41, 5.74) is 5.97. The fraction of sp³-hybridized carbons (Fsp3) is 0.148. The Kier molecular flexibility index (Phi) is 5.02. The molecule has 0 radical (unpaired) electrons. The fourth-order valence-corrected chi connectivity index (χ4v) is 4.14. The van der Waals surface area contributed by atoms with Gasteiger partial charge in [0.25, 0.3) is 0 Å². The van der Waals surface area contributed by atoms with Gasteiger partial charge < -0.3 is 5.32 Å². The van der Waals surface area contributed by atoms with Gasteiger partial charge in [-0.05, 0) is 59.4 Å². The lowest BCUT2D eigenvalue weighted by atomic mass is 9.89. The number of rotatable bonds is 4. The Labute approximate surface area is 176 Å². The second-order valence-electron chi connectivity index (χ2n) is 7.90. The Morgan fingerprint density at radius 2 is 1.87 bits per heavy atom. The number of fused-ring (bicyclic) bond motifs is 3. The van der Waals surface area contributed by atoms with E-state index in [1.165, 1.54) is 28.3 Å². The van der Waals surface area contributed by atoms with E-state index < -0.39 is 0 Å². The van der Waals surface area contributed by atoms with Crippen molar-refractivity contribution >= 4 is 23.7 Å². The van der Waals surface area contributed by atoms with E-state index in [2.05, 4.69) is 64.9 Å². The van der Waals surface area contributed by atoms with Crippen LogP contribution >= 0.6 is 0 Å². The van der Waals surface area contributed by atoms with Crippen LogP contribution in [-0.2, 0) is 0 Å². The van der Waals surface area contributed by atoms with E-state index in [0.717, 1.165) is 24.4 Å². The minimum absolute atomic E-state index is 0.116. The van der Waals surface area contributed by atoms with Crippen LogP contribution in [0.5, 0.6) is 0 Å². The van der Waals surface area contributed by atoms with Crippen molar-refractivity contribution in [2.24, 2.45) is 10.9 Å². The fourth-order valence-electron chi connectivity index (χ4n) is 4.14. The van der Waals surface area contributed by atoms with Gasteiger partial charge in [0.2, 0.25) is 0 Å². The molecule has 0 spiro atoms. The zero-order chi connectivity index (χ0) is 20.3. The second-order valence-corrected chi connectivity index (χ2v) is 7.90. The highest BCUT2D eigenvalue weighted by Crippen LogP contribution is 2.40. The molecule has 2 aromatic carbocycles. The summed E-state index contributed by atoms with van der Waals surface area (Å²) in [7, 11) is 0. The van der Waals surface area contributed by atoms with Crippen LogP contribution in [-0.4, -0.2) is 5.84 Å². The topological polar surface area (TPSA) is 24.4 Å². The van der Waals surface area contributed by atoms with Crippen LogP contribution in [0.4, 0.5) is 10.1 Å². The van der Waals surface area contributed by atoms with Gasteiger partial charge in [-0.25, -0.2) is 9.38 Å². The molecule has 3 aliphatic rings. The molecule has 0 saturated heterocycles. The number of anilines is 1. The van der Waals surface area contributed by atoms with Gasteiger partial charge in [0.15, 0.2) is 0 Å². The highest BCUT2D eigenvalue weighted by molar-refractivity contribution is 6.07. The molecule has 0 saturated carbocycles. The first-order valence-electron chi connectivity index (χ1n) is 10.4. The molecule has 2 nitrogen and oxygen atoms in total. The molecule has 2 unspecified atom stereocenters. The van der Waals surface area contributed by atoms with Crippen molar-refractivity contribution in [1.29, 1.82) is 0 Å².